The second-order valence-corrected chi connectivity index (χ2v) is 3.98. The fraction of sp³-hybridized carbons (Fsp3) is 0.778. The van der Waals surface area contributed by atoms with Crippen LogP contribution in [0.1, 0.15) is 26.7 Å². The van der Waals surface area contributed by atoms with Crippen LogP contribution < -0.4 is 10.6 Å². The van der Waals surface area contributed by atoms with E-state index in [-0.39, 0.29) is 6.01 Å². The van der Waals surface area contributed by atoms with Crippen LogP contribution in [-0.2, 0) is 0 Å². The van der Waals surface area contributed by atoms with Gasteiger partial charge in [0.15, 0.2) is 0 Å². The van der Waals surface area contributed by atoms with E-state index in [9.17, 15) is 0 Å². The molecule has 0 aliphatic carbocycles. The van der Waals surface area contributed by atoms with E-state index in [1.807, 2.05) is 0 Å². The molecule has 1 aliphatic heterocycles. The highest BCUT2D eigenvalue weighted by Crippen LogP contribution is 2.27. The highest BCUT2D eigenvalue weighted by Gasteiger charge is 2.27. The van der Waals surface area contributed by atoms with Crippen LogP contribution in [0.3, 0.4) is 0 Å². The molecule has 78 valence electrons. The molecule has 5 nitrogen and oxygen atoms in total. The SMILES string of the molecule is CC1CCCN(c2nnc(N)o2)C1C. The third-order valence-electron chi connectivity index (χ3n) is 3.05. The van der Waals surface area contributed by atoms with Crippen molar-refractivity contribution < 1.29 is 4.42 Å². The van der Waals surface area contributed by atoms with Crippen LogP contribution in [0.25, 0.3) is 0 Å². The Kier molecular flexibility index (Phi) is 2.31. The number of rotatable bonds is 1. The third-order valence-corrected chi connectivity index (χ3v) is 3.05. The maximum Gasteiger partial charge on any atom is 0.319 e. The van der Waals surface area contributed by atoms with Gasteiger partial charge in [0.1, 0.15) is 0 Å². The molecule has 0 aromatic carbocycles. The number of nitrogens with two attached hydrogens (primary N) is 1. The van der Waals surface area contributed by atoms with Crippen molar-refractivity contribution in [2.24, 2.45) is 5.92 Å². The first-order chi connectivity index (χ1) is 6.68. The quantitative estimate of drug-likeness (QED) is 0.732. The molecular weight excluding hydrogens is 180 g/mol. The Morgan fingerprint density at radius 2 is 2.21 bits per heavy atom. The zero-order chi connectivity index (χ0) is 10.1. The molecule has 1 aliphatic rings. The lowest BCUT2D eigenvalue weighted by atomic mass is 9.92. The zero-order valence-electron chi connectivity index (χ0n) is 8.60. The van der Waals surface area contributed by atoms with Gasteiger partial charge < -0.3 is 15.1 Å². The first-order valence-corrected chi connectivity index (χ1v) is 5.04. The lowest BCUT2D eigenvalue weighted by molar-refractivity contribution is 0.344. The van der Waals surface area contributed by atoms with E-state index in [1.165, 1.54) is 12.8 Å². The van der Waals surface area contributed by atoms with Crippen molar-refractivity contribution in [1.29, 1.82) is 0 Å². The maximum atomic E-state index is 5.40. The van der Waals surface area contributed by atoms with Crippen molar-refractivity contribution in [2.45, 2.75) is 32.7 Å². The predicted octanol–water partition coefficient (Wildman–Crippen LogP) is 1.28. The summed E-state index contributed by atoms with van der Waals surface area (Å²) in [6.45, 7) is 5.41. The Morgan fingerprint density at radius 1 is 1.43 bits per heavy atom. The summed E-state index contributed by atoms with van der Waals surface area (Å²) in [6.07, 6.45) is 2.44. The van der Waals surface area contributed by atoms with Crippen LogP contribution in [0.5, 0.6) is 0 Å². The summed E-state index contributed by atoms with van der Waals surface area (Å²) in [5.41, 5.74) is 5.40. The minimum Gasteiger partial charge on any atom is -0.390 e. The fourth-order valence-electron chi connectivity index (χ4n) is 1.95. The highest BCUT2D eigenvalue weighted by molar-refractivity contribution is 5.30. The van der Waals surface area contributed by atoms with Crippen molar-refractivity contribution in [1.82, 2.24) is 10.2 Å². The average molecular weight is 196 g/mol. The van der Waals surface area contributed by atoms with Crippen LogP contribution in [0.2, 0.25) is 0 Å². The van der Waals surface area contributed by atoms with Gasteiger partial charge in [-0.15, -0.1) is 0 Å². The summed E-state index contributed by atoms with van der Waals surface area (Å²) in [4.78, 5) is 2.14. The van der Waals surface area contributed by atoms with E-state index in [0.29, 0.717) is 18.0 Å². The van der Waals surface area contributed by atoms with Crippen molar-refractivity contribution in [3.05, 3.63) is 0 Å². The molecule has 2 N–H and O–H groups in total. The van der Waals surface area contributed by atoms with Crippen LogP contribution in [0.4, 0.5) is 12.0 Å². The predicted molar refractivity (Wildman–Crippen MR) is 53.9 cm³/mol. The summed E-state index contributed by atoms with van der Waals surface area (Å²) in [5.74, 6) is 0.664. The maximum absolute atomic E-state index is 5.40. The summed E-state index contributed by atoms with van der Waals surface area (Å²) in [6, 6.07) is 1.15. The number of hydrogen-bond donors (Lipinski definition) is 1. The van der Waals surface area contributed by atoms with Gasteiger partial charge in [-0.05, 0) is 25.7 Å². The fourth-order valence-corrected chi connectivity index (χ4v) is 1.95. The standard InChI is InChI=1S/C9H16N4O/c1-6-4-3-5-13(7(6)2)9-12-11-8(10)14-9/h6-7H,3-5H2,1-2H3,(H2,10,11). The molecule has 0 saturated carbocycles. The van der Waals surface area contributed by atoms with Crippen LogP contribution in [-0.4, -0.2) is 22.8 Å². The number of hydrogen-bond acceptors (Lipinski definition) is 5. The number of nitrogen functional groups attached to an aromatic ring is 1. The van der Waals surface area contributed by atoms with Crippen molar-refractivity contribution in [2.75, 3.05) is 17.2 Å². The average Bonchev–Trinajstić information content (AvgIpc) is 2.57. The van der Waals surface area contributed by atoms with Crippen LogP contribution >= 0.6 is 0 Å². The molecule has 2 heterocycles. The minimum absolute atomic E-state index is 0.144. The molecule has 2 unspecified atom stereocenters. The zero-order valence-corrected chi connectivity index (χ0v) is 8.60. The molecule has 1 fully saturated rings. The molecule has 0 amide bonds. The monoisotopic (exact) mass is 196 g/mol. The van der Waals surface area contributed by atoms with Crippen LogP contribution in [0, 0.1) is 5.92 Å². The summed E-state index contributed by atoms with van der Waals surface area (Å²) < 4.78 is 5.22. The number of anilines is 2. The molecule has 0 bridgehead atoms. The van der Waals surface area contributed by atoms with Gasteiger partial charge in [0, 0.05) is 12.6 Å². The second-order valence-electron chi connectivity index (χ2n) is 3.98. The second kappa shape index (κ2) is 3.48. The number of piperidine rings is 1. The molecule has 0 spiro atoms. The Labute approximate surface area is 83.3 Å². The smallest absolute Gasteiger partial charge is 0.319 e. The minimum atomic E-state index is 0.144. The summed E-state index contributed by atoms with van der Waals surface area (Å²) in [7, 11) is 0. The molecule has 1 saturated heterocycles. The normalized spacial score (nSPS) is 28.0. The molecule has 2 rings (SSSR count). The van der Waals surface area contributed by atoms with Crippen molar-refractivity contribution in [3.8, 4) is 0 Å². The van der Waals surface area contributed by atoms with Gasteiger partial charge in [-0.25, -0.2) is 0 Å². The van der Waals surface area contributed by atoms with Gasteiger partial charge in [-0.1, -0.05) is 17.1 Å². The Morgan fingerprint density at radius 3 is 2.86 bits per heavy atom. The topological polar surface area (TPSA) is 68.2 Å². The highest BCUT2D eigenvalue weighted by atomic mass is 16.4. The third kappa shape index (κ3) is 1.54. The number of aromatic nitrogens is 2. The molecule has 0 radical (unpaired) electrons. The van der Waals surface area contributed by atoms with E-state index >= 15 is 0 Å². The van der Waals surface area contributed by atoms with Gasteiger partial charge in [0.05, 0.1) is 0 Å². The molecular formula is C9H16N4O. The Hall–Kier alpha value is -1.26. The van der Waals surface area contributed by atoms with E-state index in [4.69, 9.17) is 10.2 Å². The van der Waals surface area contributed by atoms with E-state index in [2.05, 4.69) is 28.9 Å². The van der Waals surface area contributed by atoms with E-state index < -0.39 is 0 Å². The molecule has 14 heavy (non-hydrogen) atoms. The van der Waals surface area contributed by atoms with Gasteiger partial charge >= 0.3 is 12.0 Å². The Bertz CT molecular complexity index is 312. The van der Waals surface area contributed by atoms with Gasteiger partial charge in [-0.3, -0.25) is 0 Å². The van der Waals surface area contributed by atoms with Gasteiger partial charge in [0.2, 0.25) is 0 Å². The lowest BCUT2D eigenvalue weighted by Crippen LogP contribution is -2.42. The van der Waals surface area contributed by atoms with Crippen LogP contribution in [0.15, 0.2) is 4.42 Å². The van der Waals surface area contributed by atoms with E-state index in [1.54, 1.807) is 0 Å². The Balaban J connectivity index is 2.17. The molecule has 2 atom stereocenters. The molecule has 5 heteroatoms. The van der Waals surface area contributed by atoms with E-state index in [0.717, 1.165) is 6.54 Å². The van der Waals surface area contributed by atoms with Crippen molar-refractivity contribution >= 4 is 12.0 Å². The molecule has 1 aromatic heterocycles. The van der Waals surface area contributed by atoms with Gasteiger partial charge in [-0.2, -0.15) is 0 Å². The summed E-state index contributed by atoms with van der Waals surface area (Å²) in [5, 5.41) is 7.58. The first-order valence-electron chi connectivity index (χ1n) is 5.04. The number of nitrogens with zero attached hydrogens (tertiary/aromatic N) is 3. The lowest BCUT2D eigenvalue weighted by Gasteiger charge is -2.36. The molecule has 1 aromatic rings. The van der Waals surface area contributed by atoms with Gasteiger partial charge in [0.25, 0.3) is 0 Å². The summed E-state index contributed by atoms with van der Waals surface area (Å²) >= 11 is 0. The van der Waals surface area contributed by atoms with Crippen molar-refractivity contribution in [3.63, 3.8) is 0 Å². The largest absolute Gasteiger partial charge is 0.390 e. The first kappa shape index (κ1) is 9.30.